The number of anilines is 1. The number of nitrogen functional groups attached to an aromatic ring is 1. The van der Waals surface area contributed by atoms with Crippen LogP contribution in [0.1, 0.15) is 29.5 Å². The van der Waals surface area contributed by atoms with Gasteiger partial charge in [-0.05, 0) is 55.9 Å². The third kappa shape index (κ3) is 2.03. The lowest BCUT2D eigenvalue weighted by Gasteiger charge is -2.15. The number of nitrogens with two attached hydrogens (primary N) is 1. The predicted molar refractivity (Wildman–Crippen MR) is 77.9 cm³/mol. The second-order valence-corrected chi connectivity index (χ2v) is 6.39. The molecule has 0 amide bonds. The van der Waals surface area contributed by atoms with Gasteiger partial charge < -0.3 is 5.73 Å². The minimum absolute atomic E-state index is 0.805. The fourth-order valence-corrected chi connectivity index (χ4v) is 3.74. The highest BCUT2D eigenvalue weighted by Crippen LogP contribution is 2.35. The summed E-state index contributed by atoms with van der Waals surface area (Å²) in [4.78, 5) is 6.29. The van der Waals surface area contributed by atoms with Gasteiger partial charge in [-0.2, -0.15) is 0 Å². The Labute approximate surface area is 112 Å². The summed E-state index contributed by atoms with van der Waals surface area (Å²) in [5.41, 5.74) is 10.4. The monoisotopic (exact) mass is 258 g/mol. The van der Waals surface area contributed by atoms with Gasteiger partial charge in [0.1, 0.15) is 5.01 Å². The van der Waals surface area contributed by atoms with Crippen LogP contribution in [0.15, 0.2) is 18.2 Å². The van der Waals surface area contributed by atoms with Crippen LogP contribution in [-0.4, -0.2) is 4.98 Å². The van der Waals surface area contributed by atoms with Crippen molar-refractivity contribution in [2.75, 3.05) is 5.73 Å². The molecule has 1 aliphatic carbocycles. The highest BCUT2D eigenvalue weighted by Gasteiger charge is 2.20. The van der Waals surface area contributed by atoms with Crippen molar-refractivity contribution in [3.8, 4) is 10.6 Å². The predicted octanol–water partition coefficient (Wildman–Crippen LogP) is 3.83. The molecule has 0 saturated heterocycles. The van der Waals surface area contributed by atoms with Crippen LogP contribution in [0.5, 0.6) is 0 Å². The number of fused-ring (bicyclic) bond motifs is 1. The molecule has 0 radical (unpaired) electrons. The first kappa shape index (κ1) is 11.7. The Morgan fingerprint density at radius 1 is 1.39 bits per heavy atom. The van der Waals surface area contributed by atoms with Gasteiger partial charge in [-0.3, -0.25) is 0 Å². The molecule has 0 aliphatic heterocycles. The Kier molecular flexibility index (Phi) is 2.86. The lowest BCUT2D eigenvalue weighted by molar-refractivity contribution is 0.502. The highest BCUT2D eigenvalue weighted by molar-refractivity contribution is 7.15. The van der Waals surface area contributed by atoms with E-state index in [-0.39, 0.29) is 0 Å². The van der Waals surface area contributed by atoms with E-state index >= 15 is 0 Å². The summed E-state index contributed by atoms with van der Waals surface area (Å²) in [6.07, 6.45) is 3.61. The van der Waals surface area contributed by atoms with Gasteiger partial charge in [0, 0.05) is 16.1 Å². The molecule has 1 heterocycles. The van der Waals surface area contributed by atoms with E-state index in [0.29, 0.717) is 0 Å². The van der Waals surface area contributed by atoms with Gasteiger partial charge in [0.25, 0.3) is 0 Å². The van der Waals surface area contributed by atoms with Crippen molar-refractivity contribution in [3.05, 3.63) is 34.3 Å². The van der Waals surface area contributed by atoms with Gasteiger partial charge in [-0.25, -0.2) is 4.98 Å². The quantitative estimate of drug-likeness (QED) is 0.790. The normalized spacial score (nSPS) is 18.7. The van der Waals surface area contributed by atoms with E-state index in [0.717, 1.165) is 28.6 Å². The topological polar surface area (TPSA) is 38.9 Å². The van der Waals surface area contributed by atoms with Crippen LogP contribution in [0.4, 0.5) is 5.69 Å². The van der Waals surface area contributed by atoms with Crippen LogP contribution in [0.25, 0.3) is 10.6 Å². The second-order valence-electron chi connectivity index (χ2n) is 5.31. The Hall–Kier alpha value is -1.35. The molecular formula is C15H18N2S. The summed E-state index contributed by atoms with van der Waals surface area (Å²) in [6.45, 7) is 4.38. The van der Waals surface area contributed by atoms with Gasteiger partial charge in [0.05, 0.1) is 5.69 Å². The minimum atomic E-state index is 0.805. The van der Waals surface area contributed by atoms with Crippen molar-refractivity contribution in [1.29, 1.82) is 0 Å². The van der Waals surface area contributed by atoms with Crippen LogP contribution in [0.2, 0.25) is 0 Å². The molecule has 1 aromatic heterocycles. The molecule has 2 aromatic rings. The van der Waals surface area contributed by atoms with Crippen molar-refractivity contribution < 1.29 is 0 Å². The molecule has 18 heavy (non-hydrogen) atoms. The second kappa shape index (κ2) is 4.39. The molecule has 1 unspecified atom stereocenters. The number of nitrogens with zero attached hydrogens (tertiary/aromatic N) is 1. The number of rotatable bonds is 1. The van der Waals surface area contributed by atoms with Gasteiger partial charge in [-0.1, -0.05) is 6.92 Å². The van der Waals surface area contributed by atoms with Crippen molar-refractivity contribution in [2.45, 2.75) is 33.1 Å². The van der Waals surface area contributed by atoms with Crippen LogP contribution >= 0.6 is 11.3 Å². The van der Waals surface area contributed by atoms with Gasteiger partial charge in [0.15, 0.2) is 0 Å². The zero-order valence-electron chi connectivity index (χ0n) is 10.9. The van der Waals surface area contributed by atoms with E-state index in [4.69, 9.17) is 10.7 Å². The first-order chi connectivity index (χ1) is 8.63. The molecule has 94 valence electrons. The summed E-state index contributed by atoms with van der Waals surface area (Å²) >= 11 is 1.85. The van der Waals surface area contributed by atoms with Crippen molar-refractivity contribution in [2.24, 2.45) is 5.92 Å². The van der Waals surface area contributed by atoms with Crippen LogP contribution in [-0.2, 0) is 12.8 Å². The Bertz CT molecular complexity index is 586. The third-order valence-electron chi connectivity index (χ3n) is 3.70. The molecule has 1 aliphatic rings. The summed E-state index contributed by atoms with van der Waals surface area (Å²) < 4.78 is 0. The summed E-state index contributed by atoms with van der Waals surface area (Å²) in [7, 11) is 0. The largest absolute Gasteiger partial charge is 0.399 e. The molecule has 2 N–H and O–H groups in total. The Balaban J connectivity index is 2.00. The molecule has 3 rings (SSSR count). The first-order valence-corrected chi connectivity index (χ1v) is 7.30. The van der Waals surface area contributed by atoms with Crippen LogP contribution < -0.4 is 5.73 Å². The van der Waals surface area contributed by atoms with Crippen molar-refractivity contribution in [1.82, 2.24) is 4.98 Å². The van der Waals surface area contributed by atoms with Gasteiger partial charge in [-0.15, -0.1) is 11.3 Å². The maximum Gasteiger partial charge on any atom is 0.123 e. The molecular weight excluding hydrogens is 240 g/mol. The van der Waals surface area contributed by atoms with Gasteiger partial charge >= 0.3 is 0 Å². The third-order valence-corrected chi connectivity index (χ3v) is 4.87. The summed E-state index contributed by atoms with van der Waals surface area (Å²) in [5, 5.41) is 1.15. The summed E-state index contributed by atoms with van der Waals surface area (Å²) in [5.74, 6) is 0.805. The fraction of sp³-hybridized carbons (Fsp3) is 0.400. The number of benzene rings is 1. The van der Waals surface area contributed by atoms with E-state index in [1.807, 2.05) is 17.4 Å². The Morgan fingerprint density at radius 3 is 3.00 bits per heavy atom. The molecule has 1 aromatic carbocycles. The van der Waals surface area contributed by atoms with E-state index in [1.54, 1.807) is 0 Å². The number of aryl methyl sites for hydroxylation is 2. The highest BCUT2D eigenvalue weighted by atomic mass is 32.1. The summed E-state index contributed by atoms with van der Waals surface area (Å²) in [6, 6.07) is 6.20. The van der Waals surface area contributed by atoms with E-state index in [2.05, 4.69) is 26.0 Å². The number of thiazole rings is 1. The molecule has 1 atom stereocenters. The van der Waals surface area contributed by atoms with E-state index in [9.17, 15) is 0 Å². The van der Waals surface area contributed by atoms with E-state index in [1.165, 1.54) is 29.0 Å². The SMILES string of the molecule is Cc1cc(-c2nc3c(s2)CC(C)CC3)ccc1N. The van der Waals surface area contributed by atoms with Crippen molar-refractivity contribution >= 4 is 17.0 Å². The molecule has 2 nitrogen and oxygen atoms in total. The van der Waals surface area contributed by atoms with Gasteiger partial charge in [0.2, 0.25) is 0 Å². The van der Waals surface area contributed by atoms with Crippen LogP contribution in [0, 0.1) is 12.8 Å². The number of hydrogen-bond donors (Lipinski definition) is 1. The standard InChI is InChI=1S/C15H18N2S/c1-9-3-6-13-14(7-9)18-15(17-13)11-4-5-12(16)10(2)8-11/h4-5,8-9H,3,6-7,16H2,1-2H3. The Morgan fingerprint density at radius 2 is 2.22 bits per heavy atom. The minimum Gasteiger partial charge on any atom is -0.399 e. The molecule has 3 heteroatoms. The molecule has 0 bridgehead atoms. The molecule has 0 fully saturated rings. The molecule has 0 spiro atoms. The smallest absolute Gasteiger partial charge is 0.123 e. The average Bonchev–Trinajstić information content (AvgIpc) is 2.75. The first-order valence-electron chi connectivity index (χ1n) is 6.48. The fourth-order valence-electron chi connectivity index (χ4n) is 2.47. The average molecular weight is 258 g/mol. The van der Waals surface area contributed by atoms with Crippen LogP contribution in [0.3, 0.4) is 0 Å². The maximum absolute atomic E-state index is 5.87. The lowest BCUT2D eigenvalue weighted by Crippen LogP contribution is -2.09. The zero-order chi connectivity index (χ0) is 12.7. The van der Waals surface area contributed by atoms with Crippen molar-refractivity contribution in [3.63, 3.8) is 0 Å². The zero-order valence-corrected chi connectivity index (χ0v) is 11.7. The van der Waals surface area contributed by atoms with E-state index < -0.39 is 0 Å². The number of hydrogen-bond acceptors (Lipinski definition) is 3. The number of aromatic nitrogens is 1. The molecule has 0 saturated carbocycles. The maximum atomic E-state index is 5.87. The lowest BCUT2D eigenvalue weighted by atomic mass is 9.93.